The van der Waals surface area contributed by atoms with Crippen molar-refractivity contribution < 1.29 is 19.6 Å². The highest BCUT2D eigenvalue weighted by molar-refractivity contribution is 6.61. The third-order valence-corrected chi connectivity index (χ3v) is 3.57. The van der Waals surface area contributed by atoms with E-state index in [1.54, 1.807) is 29.2 Å². The summed E-state index contributed by atoms with van der Waals surface area (Å²) in [6.45, 7) is 2.25. The molecule has 0 saturated carbocycles. The van der Waals surface area contributed by atoms with Crippen LogP contribution in [0.1, 0.15) is 10.4 Å². The molecule has 0 atom stereocenters. The first-order chi connectivity index (χ1) is 10.2. The molecule has 1 aromatic heterocycles. The van der Waals surface area contributed by atoms with Gasteiger partial charge in [0.15, 0.2) is 0 Å². The number of hydrogen-bond donors (Lipinski definition) is 2. The minimum atomic E-state index is -1.58. The summed E-state index contributed by atoms with van der Waals surface area (Å²) in [6, 6.07) is 6.83. The van der Waals surface area contributed by atoms with E-state index in [1.807, 2.05) is 0 Å². The molecule has 0 spiro atoms. The third kappa shape index (κ3) is 2.76. The van der Waals surface area contributed by atoms with Crippen LogP contribution in [0.4, 0.5) is 0 Å². The Hall–Kier alpha value is -1.96. The molecule has 3 rings (SSSR count). The normalized spacial score (nSPS) is 15.2. The molecule has 21 heavy (non-hydrogen) atoms. The van der Waals surface area contributed by atoms with E-state index in [9.17, 15) is 14.8 Å². The number of amides is 1. The Morgan fingerprint density at radius 3 is 2.76 bits per heavy atom. The number of fused-ring (bicyclic) bond motifs is 1. The lowest BCUT2D eigenvalue weighted by atomic mass is 9.79. The lowest BCUT2D eigenvalue weighted by molar-refractivity contribution is 0.0303. The number of hydrogen-bond acceptors (Lipinski definition) is 5. The van der Waals surface area contributed by atoms with E-state index in [4.69, 9.17) is 4.74 Å². The molecule has 0 radical (unpaired) electrons. The minimum absolute atomic E-state index is 0.0809. The van der Waals surface area contributed by atoms with Gasteiger partial charge in [0.25, 0.3) is 5.91 Å². The quantitative estimate of drug-likeness (QED) is 0.719. The zero-order valence-electron chi connectivity index (χ0n) is 11.4. The molecule has 1 saturated heterocycles. The number of ether oxygens (including phenoxy) is 1. The number of rotatable bonds is 2. The van der Waals surface area contributed by atoms with E-state index >= 15 is 0 Å². The number of aromatic nitrogens is 1. The van der Waals surface area contributed by atoms with Gasteiger partial charge in [0.2, 0.25) is 0 Å². The van der Waals surface area contributed by atoms with Crippen LogP contribution in [-0.2, 0) is 4.74 Å². The van der Waals surface area contributed by atoms with E-state index in [0.29, 0.717) is 48.2 Å². The highest BCUT2D eigenvalue weighted by Gasteiger charge is 2.20. The Morgan fingerprint density at radius 2 is 2.05 bits per heavy atom. The maximum absolute atomic E-state index is 12.4. The maximum atomic E-state index is 12.4. The highest BCUT2D eigenvalue weighted by atomic mass is 16.5. The standard InChI is InChI=1S/C14H15BN2O4/c18-14(17-4-6-21-7-5-17)11-8-10-2-1-3-12(15(19)20)13(10)16-9-11/h1-3,8-9,19-20H,4-7H2. The Kier molecular flexibility index (Phi) is 3.87. The zero-order chi connectivity index (χ0) is 14.8. The van der Waals surface area contributed by atoms with Crippen molar-refractivity contribution in [3.05, 3.63) is 36.0 Å². The topological polar surface area (TPSA) is 82.9 Å². The summed E-state index contributed by atoms with van der Waals surface area (Å²) in [6.07, 6.45) is 1.48. The van der Waals surface area contributed by atoms with Crippen LogP contribution in [0.5, 0.6) is 0 Å². The van der Waals surface area contributed by atoms with Gasteiger partial charge >= 0.3 is 7.12 Å². The van der Waals surface area contributed by atoms with Crippen LogP contribution in [-0.4, -0.2) is 59.3 Å². The van der Waals surface area contributed by atoms with Crippen molar-refractivity contribution in [3.63, 3.8) is 0 Å². The average Bonchev–Trinajstić information content (AvgIpc) is 2.53. The van der Waals surface area contributed by atoms with Crippen molar-refractivity contribution in [3.8, 4) is 0 Å². The Labute approximate surface area is 122 Å². The van der Waals surface area contributed by atoms with Crippen LogP contribution >= 0.6 is 0 Å². The molecule has 2 N–H and O–H groups in total. The second kappa shape index (κ2) is 5.81. The largest absolute Gasteiger partial charge is 0.490 e. The molecule has 2 aromatic rings. The van der Waals surface area contributed by atoms with Crippen LogP contribution < -0.4 is 5.46 Å². The van der Waals surface area contributed by atoms with Gasteiger partial charge in [-0.1, -0.05) is 18.2 Å². The van der Waals surface area contributed by atoms with Crippen LogP contribution in [0, 0.1) is 0 Å². The van der Waals surface area contributed by atoms with Gasteiger partial charge in [-0.2, -0.15) is 0 Å². The molecular weight excluding hydrogens is 271 g/mol. The summed E-state index contributed by atoms with van der Waals surface area (Å²) in [7, 11) is -1.58. The van der Waals surface area contributed by atoms with Gasteiger partial charge in [-0.3, -0.25) is 9.78 Å². The Balaban J connectivity index is 1.96. The van der Waals surface area contributed by atoms with Crippen LogP contribution in [0.3, 0.4) is 0 Å². The second-order valence-electron chi connectivity index (χ2n) is 4.92. The minimum Gasteiger partial charge on any atom is -0.423 e. The molecule has 2 heterocycles. The Bertz CT molecular complexity index is 671. The number of carbonyl (C=O) groups excluding carboxylic acids is 1. The van der Waals surface area contributed by atoms with E-state index < -0.39 is 7.12 Å². The SMILES string of the molecule is O=C(c1cnc2c(B(O)O)cccc2c1)N1CCOCC1. The maximum Gasteiger partial charge on any atom is 0.490 e. The predicted octanol–water partition coefficient (Wildman–Crippen LogP) is -0.613. The molecule has 0 aliphatic carbocycles. The molecule has 7 heteroatoms. The average molecular weight is 286 g/mol. The summed E-state index contributed by atoms with van der Waals surface area (Å²) >= 11 is 0. The monoisotopic (exact) mass is 286 g/mol. The van der Waals surface area contributed by atoms with Gasteiger partial charge in [0.1, 0.15) is 0 Å². The molecule has 1 aromatic carbocycles. The summed E-state index contributed by atoms with van der Waals surface area (Å²) in [5.74, 6) is -0.0809. The molecule has 0 bridgehead atoms. The number of benzene rings is 1. The van der Waals surface area contributed by atoms with E-state index in [1.165, 1.54) is 6.20 Å². The molecular formula is C14H15BN2O4. The number of pyridine rings is 1. The summed E-state index contributed by atoms with van der Waals surface area (Å²) in [4.78, 5) is 18.3. The van der Waals surface area contributed by atoms with Gasteiger partial charge in [-0.25, -0.2) is 0 Å². The van der Waals surface area contributed by atoms with E-state index in [0.717, 1.165) is 0 Å². The summed E-state index contributed by atoms with van der Waals surface area (Å²) in [5.41, 5.74) is 1.32. The molecule has 0 unspecified atom stereocenters. The van der Waals surface area contributed by atoms with Gasteiger partial charge in [0, 0.05) is 30.1 Å². The molecule has 1 aliphatic heterocycles. The van der Waals surface area contributed by atoms with Crippen LogP contribution in [0.15, 0.2) is 30.5 Å². The first kappa shape index (κ1) is 14.0. The van der Waals surface area contributed by atoms with Gasteiger partial charge in [0.05, 0.1) is 24.3 Å². The molecule has 1 aliphatic rings. The van der Waals surface area contributed by atoms with Crippen LogP contribution in [0.25, 0.3) is 10.9 Å². The number of carbonyl (C=O) groups is 1. The lowest BCUT2D eigenvalue weighted by Gasteiger charge is -2.26. The van der Waals surface area contributed by atoms with Crippen molar-refractivity contribution in [1.82, 2.24) is 9.88 Å². The second-order valence-corrected chi connectivity index (χ2v) is 4.92. The first-order valence-electron chi connectivity index (χ1n) is 6.78. The van der Waals surface area contributed by atoms with Gasteiger partial charge in [-0.15, -0.1) is 0 Å². The fourth-order valence-corrected chi connectivity index (χ4v) is 2.46. The molecule has 108 valence electrons. The zero-order valence-corrected chi connectivity index (χ0v) is 11.4. The van der Waals surface area contributed by atoms with Gasteiger partial charge in [-0.05, 0) is 6.07 Å². The van der Waals surface area contributed by atoms with Crippen molar-refractivity contribution in [2.45, 2.75) is 0 Å². The fourth-order valence-electron chi connectivity index (χ4n) is 2.46. The molecule has 6 nitrogen and oxygen atoms in total. The number of nitrogens with zero attached hydrogens (tertiary/aromatic N) is 2. The lowest BCUT2D eigenvalue weighted by Crippen LogP contribution is -2.40. The summed E-state index contributed by atoms with van der Waals surface area (Å²) in [5, 5.41) is 19.4. The van der Waals surface area contributed by atoms with Crippen molar-refractivity contribution in [2.75, 3.05) is 26.3 Å². The molecule has 1 fully saturated rings. The van der Waals surface area contributed by atoms with Crippen molar-refractivity contribution >= 4 is 29.4 Å². The third-order valence-electron chi connectivity index (χ3n) is 3.57. The predicted molar refractivity (Wildman–Crippen MR) is 78.3 cm³/mol. The fraction of sp³-hybridized carbons (Fsp3) is 0.286. The van der Waals surface area contributed by atoms with E-state index in [-0.39, 0.29) is 5.91 Å². The Morgan fingerprint density at radius 1 is 1.29 bits per heavy atom. The van der Waals surface area contributed by atoms with E-state index in [2.05, 4.69) is 4.98 Å². The number of morpholine rings is 1. The van der Waals surface area contributed by atoms with Crippen molar-refractivity contribution in [2.24, 2.45) is 0 Å². The number of para-hydroxylation sites is 1. The van der Waals surface area contributed by atoms with Crippen molar-refractivity contribution in [1.29, 1.82) is 0 Å². The smallest absolute Gasteiger partial charge is 0.423 e. The highest BCUT2D eigenvalue weighted by Crippen LogP contribution is 2.14. The molecule has 1 amide bonds. The first-order valence-corrected chi connectivity index (χ1v) is 6.78. The van der Waals surface area contributed by atoms with Crippen LogP contribution in [0.2, 0.25) is 0 Å². The summed E-state index contributed by atoms with van der Waals surface area (Å²) < 4.78 is 5.23. The van der Waals surface area contributed by atoms with Gasteiger partial charge < -0.3 is 19.7 Å².